The highest BCUT2D eigenvalue weighted by molar-refractivity contribution is 5.45. The maximum Gasteiger partial charge on any atom is 0.0949 e. The van der Waals surface area contributed by atoms with Crippen molar-refractivity contribution in [2.24, 2.45) is 0 Å². The number of nitrogens with one attached hydrogen (secondary N) is 1. The lowest BCUT2D eigenvalue weighted by atomic mass is 10.1. The third-order valence-electron chi connectivity index (χ3n) is 2.07. The van der Waals surface area contributed by atoms with Crippen LogP contribution in [0.2, 0.25) is 0 Å². The molecule has 0 fully saturated rings. The van der Waals surface area contributed by atoms with E-state index in [1.807, 2.05) is 0 Å². The van der Waals surface area contributed by atoms with Gasteiger partial charge in [0, 0.05) is 43.8 Å². The van der Waals surface area contributed by atoms with Crippen molar-refractivity contribution in [3.05, 3.63) is 24.0 Å². The van der Waals surface area contributed by atoms with Crippen LogP contribution in [0.15, 0.2) is 18.5 Å². The SMILES string of the molecule is COCCNCC(O)c1cnccc1N. The van der Waals surface area contributed by atoms with Crippen molar-refractivity contribution in [3.63, 3.8) is 0 Å². The monoisotopic (exact) mass is 211 g/mol. The summed E-state index contributed by atoms with van der Waals surface area (Å²) in [7, 11) is 1.64. The molecule has 84 valence electrons. The highest BCUT2D eigenvalue weighted by atomic mass is 16.5. The zero-order valence-corrected chi connectivity index (χ0v) is 8.81. The average molecular weight is 211 g/mol. The van der Waals surface area contributed by atoms with E-state index in [4.69, 9.17) is 10.5 Å². The molecule has 0 radical (unpaired) electrons. The number of ether oxygens (including phenoxy) is 1. The predicted molar refractivity (Wildman–Crippen MR) is 58.4 cm³/mol. The minimum absolute atomic E-state index is 0.444. The Morgan fingerprint density at radius 1 is 1.67 bits per heavy atom. The molecule has 4 N–H and O–H groups in total. The molecule has 1 aromatic rings. The standard InChI is InChI=1S/C10H17N3O2/c1-15-5-4-13-7-10(14)8-6-12-3-2-9(8)11/h2-3,6,10,13-14H,4-5,7H2,1H3,(H2,11,12). The summed E-state index contributed by atoms with van der Waals surface area (Å²) in [5.74, 6) is 0. The lowest BCUT2D eigenvalue weighted by Gasteiger charge is -2.13. The van der Waals surface area contributed by atoms with Crippen LogP contribution in [-0.2, 0) is 4.74 Å². The average Bonchev–Trinajstić information content (AvgIpc) is 2.25. The van der Waals surface area contributed by atoms with Crippen LogP contribution in [0.1, 0.15) is 11.7 Å². The molecule has 0 aromatic carbocycles. The fourth-order valence-electron chi connectivity index (χ4n) is 1.22. The van der Waals surface area contributed by atoms with Crippen LogP contribution in [-0.4, -0.2) is 36.9 Å². The van der Waals surface area contributed by atoms with Crippen LogP contribution in [0.5, 0.6) is 0 Å². The summed E-state index contributed by atoms with van der Waals surface area (Å²) >= 11 is 0. The number of hydrogen-bond donors (Lipinski definition) is 3. The second kappa shape index (κ2) is 6.34. The van der Waals surface area contributed by atoms with Gasteiger partial charge >= 0.3 is 0 Å². The second-order valence-electron chi connectivity index (χ2n) is 3.22. The molecule has 0 saturated heterocycles. The van der Waals surface area contributed by atoms with Crippen LogP contribution < -0.4 is 11.1 Å². The maximum atomic E-state index is 9.78. The Kier molecular flexibility index (Phi) is 5.03. The van der Waals surface area contributed by atoms with E-state index in [0.29, 0.717) is 30.9 Å². The van der Waals surface area contributed by atoms with Gasteiger partial charge in [-0.15, -0.1) is 0 Å². The smallest absolute Gasteiger partial charge is 0.0949 e. The van der Waals surface area contributed by atoms with Gasteiger partial charge in [0.05, 0.1) is 12.7 Å². The number of nitrogen functional groups attached to an aromatic ring is 1. The Morgan fingerprint density at radius 3 is 3.13 bits per heavy atom. The van der Waals surface area contributed by atoms with Crippen LogP contribution in [0.4, 0.5) is 5.69 Å². The van der Waals surface area contributed by atoms with Crippen molar-refractivity contribution in [3.8, 4) is 0 Å². The van der Waals surface area contributed by atoms with Gasteiger partial charge in [-0.1, -0.05) is 0 Å². The van der Waals surface area contributed by atoms with Crippen molar-refractivity contribution >= 4 is 5.69 Å². The van der Waals surface area contributed by atoms with E-state index >= 15 is 0 Å². The Hall–Kier alpha value is -1.17. The number of pyridine rings is 1. The Morgan fingerprint density at radius 2 is 2.47 bits per heavy atom. The molecule has 0 aliphatic rings. The van der Waals surface area contributed by atoms with E-state index in [0.717, 1.165) is 0 Å². The van der Waals surface area contributed by atoms with E-state index in [2.05, 4.69) is 10.3 Å². The molecule has 5 heteroatoms. The molecule has 0 aliphatic carbocycles. The summed E-state index contributed by atoms with van der Waals surface area (Å²) in [6.45, 7) is 1.77. The molecule has 0 saturated carbocycles. The molecule has 1 unspecified atom stereocenters. The second-order valence-corrected chi connectivity index (χ2v) is 3.22. The molecule has 0 bridgehead atoms. The minimum atomic E-state index is -0.629. The molecular weight excluding hydrogens is 194 g/mol. The topological polar surface area (TPSA) is 80.4 Å². The van der Waals surface area contributed by atoms with E-state index in [1.165, 1.54) is 0 Å². The molecule has 1 atom stereocenters. The molecular formula is C10H17N3O2. The first-order valence-electron chi connectivity index (χ1n) is 4.82. The third-order valence-corrected chi connectivity index (χ3v) is 2.07. The fraction of sp³-hybridized carbons (Fsp3) is 0.500. The first-order valence-corrected chi connectivity index (χ1v) is 4.82. The van der Waals surface area contributed by atoms with Crippen LogP contribution in [0.25, 0.3) is 0 Å². The highest BCUT2D eigenvalue weighted by Gasteiger charge is 2.09. The van der Waals surface area contributed by atoms with Crippen molar-refractivity contribution in [2.45, 2.75) is 6.10 Å². The lowest BCUT2D eigenvalue weighted by Crippen LogP contribution is -2.25. The quantitative estimate of drug-likeness (QED) is 0.574. The largest absolute Gasteiger partial charge is 0.398 e. The number of aromatic nitrogens is 1. The molecule has 0 aliphatic heterocycles. The van der Waals surface area contributed by atoms with Crippen molar-refractivity contribution in [1.29, 1.82) is 0 Å². The molecule has 5 nitrogen and oxygen atoms in total. The molecule has 0 amide bonds. The lowest BCUT2D eigenvalue weighted by molar-refractivity contribution is 0.162. The van der Waals surface area contributed by atoms with Gasteiger partial charge in [0.25, 0.3) is 0 Å². The zero-order valence-electron chi connectivity index (χ0n) is 8.81. The van der Waals surface area contributed by atoms with Crippen LogP contribution >= 0.6 is 0 Å². The first-order chi connectivity index (χ1) is 7.25. The Balaban J connectivity index is 2.40. The van der Waals surface area contributed by atoms with E-state index in [1.54, 1.807) is 25.6 Å². The summed E-state index contributed by atoms with van der Waals surface area (Å²) in [5.41, 5.74) is 6.92. The fourth-order valence-corrected chi connectivity index (χ4v) is 1.22. The third kappa shape index (κ3) is 3.83. The van der Waals surface area contributed by atoms with Crippen LogP contribution in [0.3, 0.4) is 0 Å². The predicted octanol–water partition coefficient (Wildman–Crippen LogP) is -0.0668. The maximum absolute atomic E-state index is 9.78. The first kappa shape index (κ1) is 11.9. The molecule has 0 spiro atoms. The van der Waals surface area contributed by atoms with E-state index < -0.39 is 6.10 Å². The van der Waals surface area contributed by atoms with Gasteiger partial charge in [-0.3, -0.25) is 4.98 Å². The number of rotatable bonds is 6. The zero-order chi connectivity index (χ0) is 11.1. The van der Waals surface area contributed by atoms with Crippen molar-refractivity contribution in [2.75, 3.05) is 32.5 Å². The number of nitrogens with zero attached hydrogens (tertiary/aromatic N) is 1. The number of hydrogen-bond acceptors (Lipinski definition) is 5. The highest BCUT2D eigenvalue weighted by Crippen LogP contribution is 2.17. The summed E-state index contributed by atoms with van der Waals surface area (Å²) in [6.07, 6.45) is 2.55. The number of methoxy groups -OCH3 is 1. The van der Waals surface area contributed by atoms with Gasteiger partial charge in [0.1, 0.15) is 0 Å². The van der Waals surface area contributed by atoms with Gasteiger partial charge in [-0.2, -0.15) is 0 Å². The van der Waals surface area contributed by atoms with E-state index in [9.17, 15) is 5.11 Å². The number of aliphatic hydroxyl groups excluding tert-OH is 1. The van der Waals surface area contributed by atoms with Gasteiger partial charge in [0.15, 0.2) is 0 Å². The summed E-state index contributed by atoms with van der Waals surface area (Å²) in [6, 6.07) is 1.67. The van der Waals surface area contributed by atoms with Gasteiger partial charge in [-0.25, -0.2) is 0 Å². The van der Waals surface area contributed by atoms with Crippen molar-refractivity contribution in [1.82, 2.24) is 10.3 Å². The summed E-state index contributed by atoms with van der Waals surface area (Å²) in [4.78, 5) is 3.92. The molecule has 1 rings (SSSR count). The van der Waals surface area contributed by atoms with Gasteiger partial charge < -0.3 is 20.9 Å². The number of anilines is 1. The molecule has 1 heterocycles. The Bertz CT molecular complexity index is 294. The normalized spacial score (nSPS) is 12.7. The van der Waals surface area contributed by atoms with Crippen LogP contribution in [0, 0.1) is 0 Å². The van der Waals surface area contributed by atoms with E-state index in [-0.39, 0.29) is 0 Å². The molecule has 1 aromatic heterocycles. The summed E-state index contributed by atoms with van der Waals surface area (Å²) < 4.78 is 4.87. The van der Waals surface area contributed by atoms with Gasteiger partial charge in [-0.05, 0) is 6.07 Å². The Labute approximate surface area is 89.3 Å². The number of aliphatic hydroxyl groups is 1. The number of nitrogens with two attached hydrogens (primary N) is 1. The minimum Gasteiger partial charge on any atom is -0.398 e. The summed E-state index contributed by atoms with van der Waals surface area (Å²) in [5, 5.41) is 12.8. The molecule has 15 heavy (non-hydrogen) atoms. The van der Waals surface area contributed by atoms with Crippen molar-refractivity contribution < 1.29 is 9.84 Å². The van der Waals surface area contributed by atoms with Gasteiger partial charge in [0.2, 0.25) is 0 Å².